The van der Waals surface area contributed by atoms with E-state index in [0.717, 1.165) is 0 Å². The molecule has 1 saturated heterocycles. The molecule has 1 N–H and O–H groups in total. The van der Waals surface area contributed by atoms with Gasteiger partial charge in [0.1, 0.15) is 18.0 Å². The molecule has 0 saturated carbocycles. The van der Waals surface area contributed by atoms with Gasteiger partial charge >= 0.3 is 5.69 Å². The zero-order valence-corrected chi connectivity index (χ0v) is 27.4. The second-order valence-electron chi connectivity index (χ2n) is 10.5. The molecule has 1 aromatic heterocycles. The summed E-state index contributed by atoms with van der Waals surface area (Å²) < 4.78 is 34.4. The molecule has 5 atom stereocenters. The number of nitrogens with zero attached hydrogens (tertiary/aromatic N) is 3. The van der Waals surface area contributed by atoms with Crippen LogP contribution in [0.3, 0.4) is 0 Å². The number of anilines is 1. The minimum absolute atomic E-state index is 0.00196. The Labute approximate surface area is 249 Å². The average molecular weight is 619 g/mol. The van der Waals surface area contributed by atoms with Gasteiger partial charge in [-0.3, -0.25) is 14.2 Å². The zero-order valence-electron chi connectivity index (χ0n) is 25.7. The Hall–Kier alpha value is -1.44. The summed E-state index contributed by atoms with van der Waals surface area (Å²) in [7, 11) is 0.00742. The van der Waals surface area contributed by atoms with Crippen LogP contribution in [0.15, 0.2) is 17.1 Å². The van der Waals surface area contributed by atoms with E-state index in [-0.39, 0.29) is 40.9 Å². The highest BCUT2D eigenvalue weighted by Gasteiger charge is 2.48. The Kier molecular flexibility index (Phi) is 15.4. The van der Waals surface area contributed by atoms with E-state index in [2.05, 4.69) is 42.7 Å². The van der Waals surface area contributed by atoms with Crippen LogP contribution in [0.4, 0.5) is 5.82 Å². The molecule has 41 heavy (non-hydrogen) atoms. The minimum atomic E-state index is -1.55. The molecule has 0 aromatic carbocycles. The molecule has 1 aliphatic rings. The maximum absolute atomic E-state index is 12.9. The Balaban J connectivity index is 2.16. The molecule has 1 aromatic rings. The molecule has 2 rings (SSSR count). The fourth-order valence-corrected chi connectivity index (χ4v) is 6.86. The van der Waals surface area contributed by atoms with Crippen LogP contribution in [0, 0.1) is 5.92 Å². The van der Waals surface area contributed by atoms with Crippen molar-refractivity contribution < 1.29 is 32.8 Å². The molecule has 12 nitrogen and oxygen atoms in total. The maximum atomic E-state index is 12.9. The number of carbonyl (C=O) groups excluding carboxylic acids is 2. The van der Waals surface area contributed by atoms with Crippen LogP contribution >= 0.6 is 20.3 Å². The monoisotopic (exact) mass is 618 g/mol. The number of rotatable bonds is 17. The largest absolute Gasteiger partial charge is 0.378 e. The van der Waals surface area contributed by atoms with E-state index in [1.165, 1.54) is 29.4 Å². The third kappa shape index (κ3) is 10.7. The number of amides is 1. The van der Waals surface area contributed by atoms with Gasteiger partial charge in [0.2, 0.25) is 5.91 Å². The van der Waals surface area contributed by atoms with Gasteiger partial charge < -0.3 is 28.6 Å². The van der Waals surface area contributed by atoms with Gasteiger partial charge in [0.05, 0.1) is 25.9 Å². The lowest BCUT2D eigenvalue weighted by atomic mass is 10.1. The van der Waals surface area contributed by atoms with E-state index >= 15 is 0 Å². The molecule has 5 unspecified atom stereocenters. The zero-order chi connectivity index (χ0) is 30.7. The van der Waals surface area contributed by atoms with Crippen molar-refractivity contribution >= 4 is 37.1 Å². The van der Waals surface area contributed by atoms with Gasteiger partial charge in [0, 0.05) is 44.0 Å². The Morgan fingerprint density at radius 2 is 1.83 bits per heavy atom. The fourth-order valence-electron chi connectivity index (χ4n) is 4.37. The van der Waals surface area contributed by atoms with E-state index in [9.17, 15) is 14.4 Å². The van der Waals surface area contributed by atoms with Crippen molar-refractivity contribution in [2.45, 2.75) is 98.4 Å². The lowest BCUT2D eigenvalue weighted by Gasteiger charge is -2.38. The van der Waals surface area contributed by atoms with Gasteiger partial charge in [-0.15, -0.1) is 0 Å². The van der Waals surface area contributed by atoms with Crippen LogP contribution in [-0.4, -0.2) is 88.3 Å². The molecular formula is C27H47N4O8PS. The summed E-state index contributed by atoms with van der Waals surface area (Å²) in [6, 6.07) is 1.81. The van der Waals surface area contributed by atoms with Gasteiger partial charge in [0.25, 0.3) is 8.53 Å². The summed E-state index contributed by atoms with van der Waals surface area (Å²) in [5.41, 5.74) is -0.575. The van der Waals surface area contributed by atoms with Crippen LogP contribution in [-0.2, 0) is 32.8 Å². The van der Waals surface area contributed by atoms with E-state index in [4.69, 9.17) is 23.3 Å². The van der Waals surface area contributed by atoms with Crippen LogP contribution in [0.25, 0.3) is 0 Å². The van der Waals surface area contributed by atoms with Crippen molar-refractivity contribution in [2.24, 2.45) is 5.92 Å². The van der Waals surface area contributed by atoms with Crippen LogP contribution < -0.4 is 11.0 Å². The van der Waals surface area contributed by atoms with E-state index < -0.39 is 32.7 Å². The van der Waals surface area contributed by atoms with Crippen LogP contribution in [0.1, 0.15) is 68.0 Å². The summed E-state index contributed by atoms with van der Waals surface area (Å²) in [4.78, 5) is 40.0. The number of nitrogens with one attached hydrogen (secondary N) is 1. The first-order valence-corrected chi connectivity index (χ1v) is 16.2. The van der Waals surface area contributed by atoms with Gasteiger partial charge in [-0.25, -0.2) is 9.46 Å². The summed E-state index contributed by atoms with van der Waals surface area (Å²) in [6.07, 6.45) is -0.136. The molecule has 0 radical (unpaired) electrons. The van der Waals surface area contributed by atoms with Crippen molar-refractivity contribution in [3.05, 3.63) is 22.7 Å². The Morgan fingerprint density at radius 1 is 1.15 bits per heavy atom. The number of thioether (sulfide) groups is 1. The lowest BCUT2D eigenvalue weighted by Crippen LogP contribution is -2.40. The smallest absolute Gasteiger partial charge is 0.351 e. The summed E-state index contributed by atoms with van der Waals surface area (Å²) >= 11 is 1.28. The predicted molar refractivity (Wildman–Crippen MR) is 161 cm³/mol. The third-order valence-electron chi connectivity index (χ3n) is 6.20. The quantitative estimate of drug-likeness (QED) is 0.199. The number of hydrogen-bond acceptors (Lipinski definition) is 11. The summed E-state index contributed by atoms with van der Waals surface area (Å²) in [6.45, 7) is 16.6. The van der Waals surface area contributed by atoms with Gasteiger partial charge in [-0.2, -0.15) is 4.98 Å². The molecule has 234 valence electrons. The average Bonchev–Trinajstić information content (AvgIpc) is 3.23. The topological polar surface area (TPSA) is 130 Å². The molecular weight excluding hydrogens is 571 g/mol. The van der Waals surface area contributed by atoms with E-state index in [1.54, 1.807) is 13.2 Å². The van der Waals surface area contributed by atoms with Gasteiger partial charge in [0.15, 0.2) is 11.3 Å². The van der Waals surface area contributed by atoms with Crippen molar-refractivity contribution in [3.8, 4) is 0 Å². The Bertz CT molecular complexity index is 1020. The van der Waals surface area contributed by atoms with E-state index in [1.807, 2.05) is 20.8 Å². The molecule has 0 spiro atoms. The van der Waals surface area contributed by atoms with Crippen LogP contribution in [0.2, 0.25) is 0 Å². The number of aromatic nitrogens is 2. The first-order chi connectivity index (χ1) is 19.4. The minimum Gasteiger partial charge on any atom is -0.378 e. The number of hydrogen-bond donors (Lipinski definition) is 1. The first kappa shape index (κ1) is 35.8. The number of ether oxygens (including phenoxy) is 3. The third-order valence-corrected chi connectivity index (χ3v) is 9.45. The maximum Gasteiger partial charge on any atom is 0.351 e. The number of carbonyl (C=O) groups is 2. The number of methoxy groups -OCH3 is 1. The molecule has 0 aliphatic carbocycles. The normalized spacial score (nSPS) is 21.8. The summed E-state index contributed by atoms with van der Waals surface area (Å²) in [5, 5.41) is 2.67. The highest BCUT2D eigenvalue weighted by atomic mass is 32.2. The Morgan fingerprint density at radius 3 is 2.37 bits per heavy atom. The molecule has 1 amide bonds. The van der Waals surface area contributed by atoms with E-state index in [0.29, 0.717) is 32.0 Å². The van der Waals surface area contributed by atoms with Crippen molar-refractivity contribution in [1.29, 1.82) is 0 Å². The standard InChI is InChI=1S/C27H47N4O8PS/c1-10-21-23(24(35-9)25(38-21)30-12-11-22(28-20(8)32)29-27(30)34)39-40(31(18(4)5)19(6)7)37-14-13-36-15-16-41-26(33)17(2)3/h11-12,17-19,21,23-25H,10,13-16H2,1-9H3,(H,28,29,32,34). The molecule has 1 aliphatic heterocycles. The highest BCUT2D eigenvalue weighted by molar-refractivity contribution is 8.13. The summed E-state index contributed by atoms with van der Waals surface area (Å²) in [5.74, 6) is 0.446. The van der Waals surface area contributed by atoms with Crippen molar-refractivity contribution in [2.75, 3.05) is 38.0 Å². The molecule has 0 bridgehead atoms. The molecule has 14 heteroatoms. The van der Waals surface area contributed by atoms with Gasteiger partial charge in [-0.05, 0) is 40.2 Å². The molecule has 2 heterocycles. The van der Waals surface area contributed by atoms with Crippen LogP contribution in [0.5, 0.6) is 0 Å². The van der Waals surface area contributed by atoms with Crippen molar-refractivity contribution in [1.82, 2.24) is 14.2 Å². The lowest BCUT2D eigenvalue weighted by molar-refractivity contribution is -0.114. The van der Waals surface area contributed by atoms with Gasteiger partial charge in [-0.1, -0.05) is 32.5 Å². The predicted octanol–water partition coefficient (Wildman–Crippen LogP) is 4.20. The SMILES string of the molecule is CCC1OC(n2ccc(NC(C)=O)nc2=O)C(OC)C1OP(OCCOCCSC(=O)C(C)C)N(C(C)C)C(C)C. The second kappa shape index (κ2) is 17.6. The molecule has 1 fully saturated rings. The second-order valence-corrected chi connectivity index (χ2v) is 13.0. The van der Waals surface area contributed by atoms with Crippen molar-refractivity contribution in [3.63, 3.8) is 0 Å². The first-order valence-electron chi connectivity index (χ1n) is 14.1. The fraction of sp³-hybridized carbons (Fsp3) is 0.778. The highest BCUT2D eigenvalue weighted by Crippen LogP contribution is 2.50.